The van der Waals surface area contributed by atoms with Gasteiger partial charge in [-0.3, -0.25) is 9.59 Å². The van der Waals surface area contributed by atoms with Crippen molar-refractivity contribution in [2.24, 2.45) is 5.92 Å². The van der Waals surface area contributed by atoms with Gasteiger partial charge in [-0.2, -0.15) is 0 Å². The van der Waals surface area contributed by atoms with Crippen molar-refractivity contribution in [1.29, 1.82) is 0 Å². The molecule has 0 spiro atoms. The number of ether oxygens (including phenoxy) is 1. The molecule has 0 aromatic heterocycles. The lowest BCUT2D eigenvalue weighted by molar-refractivity contribution is -0.151. The van der Waals surface area contributed by atoms with Gasteiger partial charge in [0.2, 0.25) is 5.91 Å². The first-order valence-corrected chi connectivity index (χ1v) is 9.34. The Labute approximate surface area is 146 Å². The third kappa shape index (κ3) is 5.45. The topological polar surface area (TPSA) is 53.1 Å². The van der Waals surface area contributed by atoms with Crippen LogP contribution in [-0.2, 0) is 14.3 Å². The maximum Gasteiger partial charge on any atom is 0.310 e. The van der Waals surface area contributed by atoms with E-state index in [2.05, 4.69) is 23.9 Å². The standard InChI is InChI=1S/C18H33N3O3/c1-4-24-18(23)15-6-5-10-21(14-15)17(22)9-13-20(3)16-7-11-19(2)12-8-16/h15-16H,4-14H2,1-3H3. The molecule has 2 rings (SSSR count). The summed E-state index contributed by atoms with van der Waals surface area (Å²) in [5, 5.41) is 0. The molecule has 0 saturated carbocycles. The normalized spacial score (nSPS) is 23.5. The molecule has 0 aromatic carbocycles. The molecule has 0 N–H and O–H groups in total. The van der Waals surface area contributed by atoms with E-state index in [0.29, 0.717) is 25.6 Å². The van der Waals surface area contributed by atoms with E-state index >= 15 is 0 Å². The molecule has 1 amide bonds. The predicted molar refractivity (Wildman–Crippen MR) is 93.7 cm³/mol. The summed E-state index contributed by atoms with van der Waals surface area (Å²) < 4.78 is 5.11. The van der Waals surface area contributed by atoms with Crippen LogP contribution >= 0.6 is 0 Å². The number of piperidine rings is 2. The molecule has 2 saturated heterocycles. The summed E-state index contributed by atoms with van der Waals surface area (Å²) in [7, 11) is 4.29. The zero-order valence-electron chi connectivity index (χ0n) is 15.5. The third-order valence-corrected chi connectivity index (χ3v) is 5.38. The zero-order valence-corrected chi connectivity index (χ0v) is 15.5. The third-order valence-electron chi connectivity index (χ3n) is 5.38. The first-order chi connectivity index (χ1) is 11.5. The van der Waals surface area contributed by atoms with Gasteiger partial charge in [-0.1, -0.05) is 0 Å². The minimum absolute atomic E-state index is 0.144. The highest BCUT2D eigenvalue weighted by Crippen LogP contribution is 2.19. The van der Waals surface area contributed by atoms with Gasteiger partial charge in [-0.25, -0.2) is 0 Å². The monoisotopic (exact) mass is 339 g/mol. The summed E-state index contributed by atoms with van der Waals surface area (Å²) in [6.45, 7) is 6.59. The van der Waals surface area contributed by atoms with Crippen LogP contribution in [0.4, 0.5) is 0 Å². The molecule has 6 nitrogen and oxygen atoms in total. The van der Waals surface area contributed by atoms with Gasteiger partial charge in [-0.15, -0.1) is 0 Å². The fourth-order valence-corrected chi connectivity index (χ4v) is 3.70. The molecule has 24 heavy (non-hydrogen) atoms. The maximum absolute atomic E-state index is 12.5. The number of carbonyl (C=O) groups excluding carboxylic acids is 2. The van der Waals surface area contributed by atoms with E-state index in [1.807, 2.05) is 11.8 Å². The average molecular weight is 339 g/mol. The maximum atomic E-state index is 12.5. The summed E-state index contributed by atoms with van der Waals surface area (Å²) in [4.78, 5) is 30.9. The number of likely N-dealkylation sites (tertiary alicyclic amines) is 2. The Balaban J connectivity index is 1.74. The molecule has 1 atom stereocenters. The number of hydrogen-bond acceptors (Lipinski definition) is 5. The largest absolute Gasteiger partial charge is 0.466 e. The summed E-state index contributed by atoms with van der Waals surface area (Å²) in [5.41, 5.74) is 0. The molecule has 0 aliphatic carbocycles. The second-order valence-corrected chi connectivity index (χ2v) is 7.20. The molecule has 2 fully saturated rings. The minimum Gasteiger partial charge on any atom is -0.466 e. The zero-order chi connectivity index (χ0) is 17.5. The molecule has 6 heteroatoms. The number of carbonyl (C=O) groups is 2. The van der Waals surface area contributed by atoms with Crippen LogP contribution in [0.2, 0.25) is 0 Å². The van der Waals surface area contributed by atoms with Crippen molar-refractivity contribution in [3.63, 3.8) is 0 Å². The van der Waals surface area contributed by atoms with E-state index in [-0.39, 0.29) is 17.8 Å². The molecule has 0 bridgehead atoms. The fraction of sp³-hybridized carbons (Fsp3) is 0.889. The first kappa shape index (κ1) is 19.2. The molecular formula is C18H33N3O3. The van der Waals surface area contributed by atoms with Gasteiger partial charge < -0.3 is 19.4 Å². The predicted octanol–water partition coefficient (Wildman–Crippen LogP) is 1.20. The van der Waals surface area contributed by atoms with Crippen molar-refractivity contribution in [3.05, 3.63) is 0 Å². The van der Waals surface area contributed by atoms with Crippen molar-refractivity contribution in [2.45, 2.75) is 45.1 Å². The molecule has 2 aliphatic heterocycles. The minimum atomic E-state index is -0.154. The first-order valence-electron chi connectivity index (χ1n) is 9.34. The van der Waals surface area contributed by atoms with Crippen LogP contribution in [0.3, 0.4) is 0 Å². The average Bonchev–Trinajstić information content (AvgIpc) is 2.60. The lowest BCUT2D eigenvalue weighted by atomic mass is 9.98. The van der Waals surface area contributed by atoms with Crippen LogP contribution in [0.1, 0.15) is 39.0 Å². The smallest absolute Gasteiger partial charge is 0.310 e. The second-order valence-electron chi connectivity index (χ2n) is 7.20. The van der Waals surface area contributed by atoms with Crippen molar-refractivity contribution < 1.29 is 14.3 Å². The van der Waals surface area contributed by atoms with E-state index in [4.69, 9.17) is 4.74 Å². The number of rotatable bonds is 6. The molecule has 1 unspecified atom stereocenters. The SMILES string of the molecule is CCOC(=O)C1CCCN(C(=O)CCN(C)C2CCN(C)CC2)C1. The van der Waals surface area contributed by atoms with Gasteiger partial charge >= 0.3 is 5.97 Å². The van der Waals surface area contributed by atoms with Crippen LogP contribution in [-0.4, -0.2) is 86.0 Å². The van der Waals surface area contributed by atoms with Crippen LogP contribution < -0.4 is 0 Å². The van der Waals surface area contributed by atoms with Gasteiger partial charge in [0.25, 0.3) is 0 Å². The van der Waals surface area contributed by atoms with Crippen LogP contribution in [0.25, 0.3) is 0 Å². The summed E-state index contributed by atoms with van der Waals surface area (Å²) in [6, 6.07) is 0.586. The van der Waals surface area contributed by atoms with Gasteiger partial charge in [0.1, 0.15) is 0 Å². The molecular weight excluding hydrogens is 306 g/mol. The Morgan fingerprint density at radius 3 is 2.54 bits per heavy atom. The number of nitrogens with zero attached hydrogens (tertiary/aromatic N) is 3. The summed E-state index contributed by atoms with van der Waals surface area (Å²) >= 11 is 0. The Kier molecular flexibility index (Phi) is 7.49. The highest BCUT2D eigenvalue weighted by molar-refractivity contribution is 5.78. The van der Waals surface area contributed by atoms with E-state index in [1.54, 1.807) is 0 Å². The Morgan fingerprint density at radius 1 is 1.17 bits per heavy atom. The Bertz CT molecular complexity index is 422. The summed E-state index contributed by atoms with van der Waals surface area (Å²) in [5.74, 6) is -0.128. The molecule has 138 valence electrons. The number of hydrogen-bond donors (Lipinski definition) is 0. The van der Waals surface area contributed by atoms with E-state index < -0.39 is 0 Å². The Hall–Kier alpha value is -1.14. The van der Waals surface area contributed by atoms with Crippen molar-refractivity contribution in [3.8, 4) is 0 Å². The number of esters is 1. The van der Waals surface area contributed by atoms with Gasteiger partial charge in [-0.05, 0) is 59.8 Å². The van der Waals surface area contributed by atoms with Gasteiger partial charge in [0, 0.05) is 32.1 Å². The van der Waals surface area contributed by atoms with Crippen molar-refractivity contribution in [2.75, 3.05) is 53.4 Å². The molecule has 0 aromatic rings. The molecule has 2 heterocycles. The van der Waals surface area contributed by atoms with E-state index in [0.717, 1.165) is 39.0 Å². The quantitative estimate of drug-likeness (QED) is 0.681. The summed E-state index contributed by atoms with van der Waals surface area (Å²) in [6.07, 6.45) is 4.61. The highest BCUT2D eigenvalue weighted by atomic mass is 16.5. The lowest BCUT2D eigenvalue weighted by Crippen LogP contribution is -2.45. The lowest BCUT2D eigenvalue weighted by Gasteiger charge is -2.36. The van der Waals surface area contributed by atoms with Crippen molar-refractivity contribution >= 4 is 11.9 Å². The molecule has 2 aliphatic rings. The van der Waals surface area contributed by atoms with E-state index in [1.165, 1.54) is 12.8 Å². The Morgan fingerprint density at radius 2 is 1.88 bits per heavy atom. The second kappa shape index (κ2) is 9.37. The fourth-order valence-electron chi connectivity index (χ4n) is 3.70. The highest BCUT2D eigenvalue weighted by Gasteiger charge is 2.29. The van der Waals surface area contributed by atoms with Crippen LogP contribution in [0, 0.1) is 5.92 Å². The number of amides is 1. The van der Waals surface area contributed by atoms with E-state index in [9.17, 15) is 9.59 Å². The molecule has 0 radical (unpaired) electrons. The van der Waals surface area contributed by atoms with Crippen molar-refractivity contribution in [1.82, 2.24) is 14.7 Å². The van der Waals surface area contributed by atoms with Crippen LogP contribution in [0.15, 0.2) is 0 Å². The van der Waals surface area contributed by atoms with Gasteiger partial charge in [0.05, 0.1) is 12.5 Å². The van der Waals surface area contributed by atoms with Crippen LogP contribution in [0.5, 0.6) is 0 Å². The van der Waals surface area contributed by atoms with Gasteiger partial charge in [0.15, 0.2) is 0 Å².